The molecule has 0 spiro atoms. The lowest BCUT2D eigenvalue weighted by Crippen LogP contribution is -2.16. The first-order valence-corrected chi connectivity index (χ1v) is 7.38. The zero-order valence-corrected chi connectivity index (χ0v) is 12.0. The number of aromatic nitrogens is 2. The summed E-state index contributed by atoms with van der Waals surface area (Å²) >= 11 is 5.22. The third kappa shape index (κ3) is 2.19. The second kappa shape index (κ2) is 4.55. The van der Waals surface area contributed by atoms with E-state index in [4.69, 9.17) is 0 Å². The van der Waals surface area contributed by atoms with Crippen molar-refractivity contribution in [3.8, 4) is 10.6 Å². The molecule has 0 saturated carbocycles. The summed E-state index contributed by atoms with van der Waals surface area (Å²) in [4.78, 5) is 1.22. The zero-order valence-electron chi connectivity index (χ0n) is 9.61. The summed E-state index contributed by atoms with van der Waals surface area (Å²) in [5.74, 6) is 0. The highest BCUT2D eigenvalue weighted by molar-refractivity contribution is 9.11. The first-order chi connectivity index (χ1) is 8.24. The summed E-state index contributed by atoms with van der Waals surface area (Å²) in [6.07, 6.45) is 2.48. The molecule has 2 aromatic heterocycles. The average molecular weight is 312 g/mol. The van der Waals surface area contributed by atoms with E-state index in [-0.39, 0.29) is 0 Å². The Kier molecular flexibility index (Phi) is 3.06. The second-order valence-corrected chi connectivity index (χ2v) is 6.79. The predicted octanol–water partition coefficient (Wildman–Crippen LogP) is 3.34. The van der Waals surface area contributed by atoms with Crippen LogP contribution in [0.4, 0.5) is 0 Å². The molecule has 0 aromatic carbocycles. The molecule has 3 heterocycles. The van der Waals surface area contributed by atoms with Crippen LogP contribution in [0.5, 0.6) is 0 Å². The SMILES string of the molecule is Cn1nc(-c2ccc(Br)s2)cc1C1CCCN1. The maximum absolute atomic E-state index is 4.61. The van der Waals surface area contributed by atoms with Gasteiger partial charge in [0, 0.05) is 13.1 Å². The molecule has 1 N–H and O–H groups in total. The first-order valence-electron chi connectivity index (χ1n) is 5.77. The van der Waals surface area contributed by atoms with Crippen LogP contribution < -0.4 is 5.32 Å². The number of nitrogens with zero attached hydrogens (tertiary/aromatic N) is 2. The van der Waals surface area contributed by atoms with Crippen LogP contribution in [-0.2, 0) is 7.05 Å². The topological polar surface area (TPSA) is 29.9 Å². The Morgan fingerprint density at radius 1 is 1.53 bits per heavy atom. The van der Waals surface area contributed by atoms with Crippen molar-refractivity contribution in [1.29, 1.82) is 0 Å². The van der Waals surface area contributed by atoms with Crippen LogP contribution in [0, 0.1) is 0 Å². The third-order valence-corrected chi connectivity index (χ3v) is 4.81. The Balaban J connectivity index is 1.94. The molecule has 1 aliphatic rings. The molecule has 3 nitrogen and oxygen atoms in total. The molecule has 90 valence electrons. The van der Waals surface area contributed by atoms with Gasteiger partial charge in [0.1, 0.15) is 5.69 Å². The van der Waals surface area contributed by atoms with Crippen LogP contribution in [0.15, 0.2) is 22.0 Å². The largest absolute Gasteiger partial charge is 0.309 e. The highest BCUT2D eigenvalue weighted by Gasteiger charge is 2.20. The first kappa shape index (κ1) is 11.4. The second-order valence-electron chi connectivity index (χ2n) is 4.33. The van der Waals surface area contributed by atoms with Gasteiger partial charge >= 0.3 is 0 Å². The van der Waals surface area contributed by atoms with Crippen molar-refractivity contribution in [2.45, 2.75) is 18.9 Å². The Morgan fingerprint density at radius 3 is 3.06 bits per heavy atom. The van der Waals surface area contributed by atoms with E-state index >= 15 is 0 Å². The van der Waals surface area contributed by atoms with Crippen molar-refractivity contribution >= 4 is 27.3 Å². The third-order valence-electron chi connectivity index (χ3n) is 3.16. The predicted molar refractivity (Wildman–Crippen MR) is 74.2 cm³/mol. The molecular weight excluding hydrogens is 298 g/mol. The van der Waals surface area contributed by atoms with Crippen molar-refractivity contribution in [2.24, 2.45) is 7.05 Å². The van der Waals surface area contributed by atoms with Crippen LogP contribution in [0.1, 0.15) is 24.6 Å². The number of rotatable bonds is 2. The van der Waals surface area contributed by atoms with E-state index in [1.807, 2.05) is 11.7 Å². The van der Waals surface area contributed by atoms with Gasteiger partial charge in [0.25, 0.3) is 0 Å². The fourth-order valence-electron chi connectivity index (χ4n) is 2.32. The molecule has 0 aliphatic carbocycles. The summed E-state index contributed by atoms with van der Waals surface area (Å²) in [5, 5.41) is 8.12. The zero-order chi connectivity index (χ0) is 11.8. The van der Waals surface area contributed by atoms with Gasteiger partial charge in [0.2, 0.25) is 0 Å². The van der Waals surface area contributed by atoms with E-state index in [0.29, 0.717) is 6.04 Å². The Morgan fingerprint density at radius 2 is 2.41 bits per heavy atom. The van der Waals surface area contributed by atoms with Crippen molar-refractivity contribution in [3.05, 3.63) is 27.7 Å². The van der Waals surface area contributed by atoms with Crippen LogP contribution >= 0.6 is 27.3 Å². The average Bonchev–Trinajstić information content (AvgIpc) is 2.96. The fraction of sp³-hybridized carbons (Fsp3) is 0.417. The van der Waals surface area contributed by atoms with Gasteiger partial charge in [-0.3, -0.25) is 4.68 Å². The Labute approximate surface area is 113 Å². The molecule has 1 aliphatic heterocycles. The number of hydrogen-bond acceptors (Lipinski definition) is 3. The van der Waals surface area contributed by atoms with Gasteiger partial charge in [0.05, 0.1) is 14.4 Å². The standard InChI is InChI=1S/C12H14BrN3S/c1-16-10(8-3-2-6-14-8)7-9(15-16)11-4-5-12(13)17-11/h4-5,7-8,14H,2-3,6H2,1H3. The minimum atomic E-state index is 0.477. The van der Waals surface area contributed by atoms with Crippen LogP contribution in [0.25, 0.3) is 10.6 Å². The maximum Gasteiger partial charge on any atom is 0.103 e. The van der Waals surface area contributed by atoms with E-state index in [9.17, 15) is 0 Å². The molecular formula is C12H14BrN3S. The molecule has 1 fully saturated rings. The van der Waals surface area contributed by atoms with Crippen molar-refractivity contribution in [2.75, 3.05) is 6.54 Å². The monoisotopic (exact) mass is 311 g/mol. The van der Waals surface area contributed by atoms with E-state index in [2.05, 4.69) is 44.5 Å². The normalized spacial score (nSPS) is 20.0. The van der Waals surface area contributed by atoms with Gasteiger partial charge in [-0.15, -0.1) is 11.3 Å². The lowest BCUT2D eigenvalue weighted by Gasteiger charge is -2.09. The fourth-order valence-corrected chi connectivity index (χ4v) is 3.66. The molecule has 3 rings (SSSR count). The van der Waals surface area contributed by atoms with Gasteiger partial charge < -0.3 is 5.32 Å². The van der Waals surface area contributed by atoms with Crippen LogP contribution in [0.2, 0.25) is 0 Å². The number of nitrogens with one attached hydrogen (secondary N) is 1. The molecule has 0 bridgehead atoms. The minimum absolute atomic E-state index is 0.477. The quantitative estimate of drug-likeness (QED) is 0.922. The molecule has 5 heteroatoms. The molecule has 0 amide bonds. The number of aryl methyl sites for hydroxylation is 1. The van der Waals surface area contributed by atoms with Crippen molar-refractivity contribution in [1.82, 2.24) is 15.1 Å². The van der Waals surface area contributed by atoms with Gasteiger partial charge in [-0.05, 0) is 53.5 Å². The minimum Gasteiger partial charge on any atom is -0.309 e. The molecule has 0 radical (unpaired) electrons. The highest BCUT2D eigenvalue weighted by Crippen LogP contribution is 2.32. The van der Waals surface area contributed by atoms with E-state index in [0.717, 1.165) is 16.0 Å². The lowest BCUT2D eigenvalue weighted by molar-refractivity contribution is 0.575. The summed E-state index contributed by atoms with van der Waals surface area (Å²) in [7, 11) is 2.03. The summed E-state index contributed by atoms with van der Waals surface area (Å²) < 4.78 is 3.16. The summed E-state index contributed by atoms with van der Waals surface area (Å²) in [5.41, 5.74) is 2.37. The van der Waals surface area contributed by atoms with Crippen LogP contribution in [-0.4, -0.2) is 16.3 Å². The lowest BCUT2D eigenvalue weighted by atomic mass is 10.1. The van der Waals surface area contributed by atoms with E-state index in [1.54, 1.807) is 11.3 Å². The van der Waals surface area contributed by atoms with E-state index in [1.165, 1.54) is 23.4 Å². The summed E-state index contributed by atoms with van der Waals surface area (Å²) in [6, 6.07) is 6.87. The number of thiophene rings is 1. The summed E-state index contributed by atoms with van der Waals surface area (Å²) in [6.45, 7) is 1.12. The molecule has 2 aromatic rings. The van der Waals surface area contributed by atoms with Gasteiger partial charge in [-0.1, -0.05) is 0 Å². The molecule has 1 saturated heterocycles. The van der Waals surface area contributed by atoms with Gasteiger partial charge in [0.15, 0.2) is 0 Å². The molecule has 1 unspecified atom stereocenters. The number of hydrogen-bond donors (Lipinski definition) is 1. The van der Waals surface area contributed by atoms with Gasteiger partial charge in [-0.25, -0.2) is 0 Å². The molecule has 17 heavy (non-hydrogen) atoms. The van der Waals surface area contributed by atoms with Crippen molar-refractivity contribution < 1.29 is 0 Å². The van der Waals surface area contributed by atoms with E-state index < -0.39 is 0 Å². The Hall–Kier alpha value is -0.650. The number of halogens is 1. The molecule has 1 atom stereocenters. The van der Waals surface area contributed by atoms with Crippen LogP contribution in [0.3, 0.4) is 0 Å². The Bertz CT molecular complexity index is 526. The van der Waals surface area contributed by atoms with Crippen molar-refractivity contribution in [3.63, 3.8) is 0 Å². The maximum atomic E-state index is 4.61. The van der Waals surface area contributed by atoms with Gasteiger partial charge in [-0.2, -0.15) is 5.10 Å². The smallest absolute Gasteiger partial charge is 0.103 e. The highest BCUT2D eigenvalue weighted by atomic mass is 79.9.